The van der Waals surface area contributed by atoms with Crippen LogP contribution >= 0.6 is 0 Å². The summed E-state index contributed by atoms with van der Waals surface area (Å²) in [7, 11) is 0. The van der Waals surface area contributed by atoms with E-state index in [1.54, 1.807) is 0 Å². The smallest absolute Gasteiger partial charge is 0.218 e. The quantitative estimate of drug-likeness (QED) is 0.658. The van der Waals surface area contributed by atoms with Crippen molar-refractivity contribution in [3.63, 3.8) is 0 Å². The Morgan fingerprint density at radius 1 is 1.21 bits per heavy atom. The van der Waals surface area contributed by atoms with E-state index in [0.717, 1.165) is 47.0 Å². The van der Waals surface area contributed by atoms with Gasteiger partial charge in [-0.1, -0.05) is 12.8 Å². The first-order valence-electron chi connectivity index (χ1n) is 10.5. The van der Waals surface area contributed by atoms with Crippen molar-refractivity contribution in [2.24, 2.45) is 0 Å². The van der Waals surface area contributed by atoms with Gasteiger partial charge in [-0.2, -0.15) is 0 Å². The van der Waals surface area contributed by atoms with Crippen molar-refractivity contribution in [2.45, 2.75) is 51.7 Å². The molecule has 0 bridgehead atoms. The summed E-state index contributed by atoms with van der Waals surface area (Å²) in [6.07, 6.45) is 4.86. The Kier molecular flexibility index (Phi) is 5.01. The molecule has 1 saturated carbocycles. The molecule has 2 aliphatic rings. The predicted molar refractivity (Wildman–Crippen MR) is 108 cm³/mol. The number of nitrogens with zero attached hydrogens (tertiary/aromatic N) is 6. The van der Waals surface area contributed by atoms with Crippen LogP contribution in [0.3, 0.4) is 0 Å². The van der Waals surface area contributed by atoms with E-state index in [-0.39, 0.29) is 0 Å². The van der Waals surface area contributed by atoms with E-state index in [4.69, 9.17) is 14.5 Å². The highest BCUT2D eigenvalue weighted by atomic mass is 16.5. The van der Waals surface area contributed by atoms with Crippen molar-refractivity contribution in [3.05, 3.63) is 35.7 Å². The average Bonchev–Trinajstić information content (AvgIpc) is 3.36. The molecule has 0 unspecified atom stereocenters. The second-order valence-corrected chi connectivity index (χ2v) is 7.78. The monoisotopic (exact) mass is 394 g/mol. The number of hydrogen-bond acceptors (Lipinski definition) is 7. The fourth-order valence-electron chi connectivity index (χ4n) is 4.35. The van der Waals surface area contributed by atoms with E-state index >= 15 is 0 Å². The average molecular weight is 394 g/mol. The Bertz CT molecular complexity index is 998. The van der Waals surface area contributed by atoms with Crippen LogP contribution in [0.5, 0.6) is 11.6 Å². The maximum Gasteiger partial charge on any atom is 0.218 e. The van der Waals surface area contributed by atoms with Crippen molar-refractivity contribution in [2.75, 3.05) is 19.8 Å². The molecule has 0 saturated heterocycles. The summed E-state index contributed by atoms with van der Waals surface area (Å²) >= 11 is 0. The SMILES string of the molecule is CCOc1ccc2nc3c(cc2c1)CN(Cc1nnnn1C1CCCC1)CCO3. The van der Waals surface area contributed by atoms with Crippen LogP contribution in [-0.4, -0.2) is 49.8 Å². The molecule has 3 aromatic rings. The van der Waals surface area contributed by atoms with E-state index in [2.05, 4.69) is 26.5 Å². The van der Waals surface area contributed by atoms with Gasteiger partial charge in [0.25, 0.3) is 0 Å². The number of ether oxygens (including phenoxy) is 2. The molecular formula is C21H26N6O2. The van der Waals surface area contributed by atoms with Gasteiger partial charge in [-0.05, 0) is 54.5 Å². The Hall–Kier alpha value is -2.74. The van der Waals surface area contributed by atoms with Crippen LogP contribution in [-0.2, 0) is 13.1 Å². The summed E-state index contributed by atoms with van der Waals surface area (Å²) in [5, 5.41) is 13.6. The van der Waals surface area contributed by atoms with Crippen LogP contribution < -0.4 is 9.47 Å². The van der Waals surface area contributed by atoms with Crippen LogP contribution in [0.1, 0.15) is 50.0 Å². The first-order chi connectivity index (χ1) is 14.3. The Morgan fingerprint density at radius 3 is 2.97 bits per heavy atom. The Morgan fingerprint density at radius 2 is 2.10 bits per heavy atom. The molecule has 8 nitrogen and oxygen atoms in total. The number of benzene rings is 1. The highest BCUT2D eigenvalue weighted by molar-refractivity contribution is 5.81. The Labute approximate surface area is 169 Å². The molecule has 2 aromatic heterocycles. The van der Waals surface area contributed by atoms with Crippen molar-refractivity contribution in [1.29, 1.82) is 0 Å². The van der Waals surface area contributed by atoms with Crippen LogP contribution in [0, 0.1) is 0 Å². The highest BCUT2D eigenvalue weighted by Gasteiger charge is 2.24. The van der Waals surface area contributed by atoms with Crippen LogP contribution in [0.25, 0.3) is 10.9 Å². The maximum absolute atomic E-state index is 5.97. The first kappa shape index (κ1) is 18.3. The fraction of sp³-hybridized carbons (Fsp3) is 0.524. The third-order valence-corrected chi connectivity index (χ3v) is 5.77. The summed E-state index contributed by atoms with van der Waals surface area (Å²) in [5.74, 6) is 2.52. The summed E-state index contributed by atoms with van der Waals surface area (Å²) < 4.78 is 13.6. The maximum atomic E-state index is 5.97. The third kappa shape index (κ3) is 3.76. The molecule has 1 aliphatic carbocycles. The normalized spacial score (nSPS) is 17.8. The summed E-state index contributed by atoms with van der Waals surface area (Å²) in [6.45, 7) is 5.53. The number of pyridine rings is 1. The lowest BCUT2D eigenvalue weighted by Gasteiger charge is -2.20. The molecule has 29 heavy (non-hydrogen) atoms. The Balaban J connectivity index is 1.39. The lowest BCUT2D eigenvalue weighted by molar-refractivity contribution is 0.208. The molecule has 152 valence electrons. The number of rotatable bonds is 5. The minimum Gasteiger partial charge on any atom is -0.494 e. The van der Waals surface area contributed by atoms with Gasteiger partial charge < -0.3 is 9.47 Å². The fourth-order valence-corrected chi connectivity index (χ4v) is 4.35. The predicted octanol–water partition coefficient (Wildman–Crippen LogP) is 3.13. The van der Waals surface area contributed by atoms with Gasteiger partial charge in [0, 0.05) is 24.0 Å². The minimum atomic E-state index is 0.443. The van der Waals surface area contributed by atoms with E-state index < -0.39 is 0 Å². The van der Waals surface area contributed by atoms with Gasteiger partial charge in [0.1, 0.15) is 12.4 Å². The molecule has 8 heteroatoms. The standard InChI is InChI=1S/C21H26N6O2/c1-2-28-18-7-8-19-15(12-18)11-16-13-26(9-10-29-21(16)22-19)14-20-23-24-25-27(20)17-5-3-4-6-17/h7-8,11-12,17H,2-6,9-10,13-14H2,1H3. The number of aromatic nitrogens is 5. The van der Waals surface area contributed by atoms with Gasteiger partial charge in [0.05, 0.1) is 24.7 Å². The van der Waals surface area contributed by atoms with E-state index in [0.29, 0.717) is 25.8 Å². The summed E-state index contributed by atoms with van der Waals surface area (Å²) in [5.41, 5.74) is 2.01. The highest BCUT2D eigenvalue weighted by Crippen LogP contribution is 2.31. The molecule has 0 radical (unpaired) electrons. The van der Waals surface area contributed by atoms with Crippen molar-refractivity contribution >= 4 is 10.9 Å². The molecule has 1 aliphatic heterocycles. The van der Waals surface area contributed by atoms with E-state index in [9.17, 15) is 0 Å². The zero-order chi connectivity index (χ0) is 19.6. The number of fused-ring (bicyclic) bond motifs is 2. The molecular weight excluding hydrogens is 368 g/mol. The number of hydrogen-bond donors (Lipinski definition) is 0. The van der Waals surface area contributed by atoms with Gasteiger partial charge in [-0.25, -0.2) is 9.67 Å². The zero-order valence-electron chi connectivity index (χ0n) is 16.8. The lowest BCUT2D eigenvalue weighted by atomic mass is 10.1. The molecule has 0 amide bonds. The van der Waals surface area contributed by atoms with E-state index in [1.807, 2.05) is 29.8 Å². The van der Waals surface area contributed by atoms with Crippen molar-refractivity contribution < 1.29 is 9.47 Å². The molecule has 3 heterocycles. The molecule has 0 N–H and O–H groups in total. The van der Waals surface area contributed by atoms with Crippen LogP contribution in [0.2, 0.25) is 0 Å². The molecule has 5 rings (SSSR count). The van der Waals surface area contributed by atoms with Gasteiger partial charge in [-0.15, -0.1) is 5.10 Å². The van der Waals surface area contributed by atoms with Gasteiger partial charge in [0.15, 0.2) is 5.82 Å². The molecule has 0 atom stereocenters. The number of tetrazole rings is 1. The van der Waals surface area contributed by atoms with Gasteiger partial charge in [0.2, 0.25) is 5.88 Å². The zero-order valence-corrected chi connectivity index (χ0v) is 16.8. The molecule has 1 aromatic carbocycles. The van der Waals surface area contributed by atoms with E-state index in [1.165, 1.54) is 25.7 Å². The van der Waals surface area contributed by atoms with Gasteiger partial charge >= 0.3 is 0 Å². The third-order valence-electron chi connectivity index (χ3n) is 5.77. The lowest BCUT2D eigenvalue weighted by Crippen LogP contribution is -2.27. The first-order valence-corrected chi connectivity index (χ1v) is 10.5. The summed E-state index contributed by atoms with van der Waals surface area (Å²) in [4.78, 5) is 7.08. The topological polar surface area (TPSA) is 78.2 Å². The minimum absolute atomic E-state index is 0.443. The van der Waals surface area contributed by atoms with Crippen molar-refractivity contribution in [3.8, 4) is 11.6 Å². The van der Waals surface area contributed by atoms with Gasteiger partial charge in [-0.3, -0.25) is 4.90 Å². The van der Waals surface area contributed by atoms with Crippen LogP contribution in [0.15, 0.2) is 24.3 Å². The second kappa shape index (κ2) is 7.94. The molecule has 1 fully saturated rings. The van der Waals surface area contributed by atoms with Crippen molar-refractivity contribution in [1.82, 2.24) is 30.1 Å². The second-order valence-electron chi connectivity index (χ2n) is 7.78. The van der Waals surface area contributed by atoms with Crippen LogP contribution in [0.4, 0.5) is 0 Å². The largest absolute Gasteiger partial charge is 0.494 e. The molecule has 0 spiro atoms. The summed E-state index contributed by atoms with van der Waals surface area (Å²) in [6, 6.07) is 8.60.